The molecule has 0 bridgehead atoms. The van der Waals surface area contributed by atoms with E-state index >= 15 is 0 Å². The molecule has 0 saturated carbocycles. The summed E-state index contributed by atoms with van der Waals surface area (Å²) in [5.41, 5.74) is 0. The van der Waals surface area contributed by atoms with Crippen molar-refractivity contribution in [2.45, 2.75) is 37.8 Å². The molecule has 0 radical (unpaired) electrons. The Bertz CT molecular complexity index is 292. The predicted octanol–water partition coefficient (Wildman–Crippen LogP) is 0.344. The van der Waals surface area contributed by atoms with E-state index in [1.807, 2.05) is 0 Å². The van der Waals surface area contributed by atoms with Crippen molar-refractivity contribution in [2.75, 3.05) is 26.9 Å². The lowest BCUT2D eigenvalue weighted by atomic mass is 10.1. The quantitative estimate of drug-likeness (QED) is 0.555. The highest BCUT2D eigenvalue weighted by molar-refractivity contribution is 5.74. The van der Waals surface area contributed by atoms with Crippen LogP contribution in [0.4, 0.5) is 4.79 Å². The van der Waals surface area contributed by atoms with Gasteiger partial charge in [0.25, 0.3) is 0 Å². The maximum absolute atomic E-state index is 11.6. The van der Waals surface area contributed by atoms with E-state index in [4.69, 9.17) is 14.6 Å². The number of methoxy groups -OCH3 is 1. The van der Waals surface area contributed by atoms with Gasteiger partial charge < -0.3 is 25.2 Å². The molecule has 7 heteroatoms. The number of carbonyl (C=O) groups is 2. The van der Waals surface area contributed by atoms with Gasteiger partial charge >= 0.3 is 12.0 Å². The summed E-state index contributed by atoms with van der Waals surface area (Å²) < 4.78 is 10.6. The zero-order chi connectivity index (χ0) is 14.1. The van der Waals surface area contributed by atoms with Crippen molar-refractivity contribution >= 4 is 12.0 Å². The van der Waals surface area contributed by atoms with Crippen molar-refractivity contribution in [1.82, 2.24) is 10.6 Å². The lowest BCUT2D eigenvalue weighted by Crippen LogP contribution is -2.50. The van der Waals surface area contributed by atoms with Crippen LogP contribution < -0.4 is 10.6 Å². The van der Waals surface area contributed by atoms with Gasteiger partial charge in [-0.15, -0.1) is 0 Å². The molecule has 0 aromatic rings. The lowest BCUT2D eigenvalue weighted by molar-refractivity contribution is -0.137. The van der Waals surface area contributed by atoms with Crippen LogP contribution in [-0.4, -0.2) is 56.1 Å². The molecule has 1 aliphatic rings. The standard InChI is InChI=1S/C12H22N2O5/c1-18-8-9(10-4-3-7-19-10)14-12(17)13-6-2-5-11(15)16/h9-10H,2-8H2,1H3,(H,15,16)(H2,13,14,17). The molecule has 1 fully saturated rings. The number of rotatable bonds is 8. The molecule has 0 aromatic heterocycles. The monoisotopic (exact) mass is 274 g/mol. The van der Waals surface area contributed by atoms with Gasteiger partial charge in [-0.3, -0.25) is 4.79 Å². The second-order valence-corrected chi connectivity index (χ2v) is 4.51. The fourth-order valence-electron chi connectivity index (χ4n) is 2.00. The van der Waals surface area contributed by atoms with Gasteiger partial charge in [0.2, 0.25) is 0 Å². The number of urea groups is 1. The van der Waals surface area contributed by atoms with Gasteiger partial charge in [0.1, 0.15) is 0 Å². The Kier molecular flexibility index (Phi) is 7.20. The molecular formula is C12H22N2O5. The molecular weight excluding hydrogens is 252 g/mol. The summed E-state index contributed by atoms with van der Waals surface area (Å²) in [4.78, 5) is 22.0. The molecule has 2 amide bonds. The summed E-state index contributed by atoms with van der Waals surface area (Å²) in [6.45, 7) is 1.45. The first-order valence-corrected chi connectivity index (χ1v) is 6.50. The number of carboxylic acid groups (broad SMARTS) is 1. The second-order valence-electron chi connectivity index (χ2n) is 4.51. The first-order chi connectivity index (χ1) is 9.13. The van der Waals surface area contributed by atoms with Crippen molar-refractivity contribution < 1.29 is 24.2 Å². The molecule has 0 aliphatic carbocycles. The van der Waals surface area contributed by atoms with Crippen LogP contribution in [0, 0.1) is 0 Å². The van der Waals surface area contributed by atoms with E-state index in [0.29, 0.717) is 26.2 Å². The third kappa shape index (κ3) is 6.40. The molecule has 1 aliphatic heterocycles. The van der Waals surface area contributed by atoms with Gasteiger partial charge in [-0.05, 0) is 19.3 Å². The average Bonchev–Trinajstić information content (AvgIpc) is 2.87. The van der Waals surface area contributed by atoms with Crippen molar-refractivity contribution in [3.05, 3.63) is 0 Å². The Morgan fingerprint density at radius 1 is 1.53 bits per heavy atom. The third-order valence-corrected chi connectivity index (χ3v) is 2.93. The first-order valence-electron chi connectivity index (χ1n) is 6.50. The van der Waals surface area contributed by atoms with Crippen LogP contribution in [0.2, 0.25) is 0 Å². The number of nitrogens with one attached hydrogen (secondary N) is 2. The number of carbonyl (C=O) groups excluding carboxylic acids is 1. The Labute approximate surface area is 112 Å². The predicted molar refractivity (Wildman–Crippen MR) is 68.0 cm³/mol. The van der Waals surface area contributed by atoms with E-state index in [0.717, 1.165) is 12.8 Å². The van der Waals surface area contributed by atoms with E-state index in [2.05, 4.69) is 10.6 Å². The molecule has 1 saturated heterocycles. The maximum atomic E-state index is 11.6. The zero-order valence-electron chi connectivity index (χ0n) is 11.2. The fraction of sp³-hybridized carbons (Fsp3) is 0.833. The van der Waals surface area contributed by atoms with Gasteiger partial charge in [-0.1, -0.05) is 0 Å². The number of hydrogen-bond donors (Lipinski definition) is 3. The smallest absolute Gasteiger partial charge is 0.315 e. The Hall–Kier alpha value is -1.34. The summed E-state index contributed by atoms with van der Waals surface area (Å²) in [6, 6.07) is -0.491. The largest absolute Gasteiger partial charge is 0.481 e. The highest BCUT2D eigenvalue weighted by atomic mass is 16.5. The molecule has 110 valence electrons. The molecule has 2 atom stereocenters. The Morgan fingerprint density at radius 3 is 2.89 bits per heavy atom. The van der Waals surface area contributed by atoms with E-state index in [-0.39, 0.29) is 24.6 Å². The summed E-state index contributed by atoms with van der Waals surface area (Å²) in [5, 5.41) is 13.9. The molecule has 1 heterocycles. The van der Waals surface area contributed by atoms with Crippen LogP contribution in [0.25, 0.3) is 0 Å². The SMILES string of the molecule is COCC(NC(=O)NCCCC(=O)O)C1CCCO1. The van der Waals surface area contributed by atoms with Crippen LogP contribution >= 0.6 is 0 Å². The number of hydrogen-bond acceptors (Lipinski definition) is 4. The number of carboxylic acids is 1. The number of ether oxygens (including phenoxy) is 2. The van der Waals surface area contributed by atoms with Crippen molar-refractivity contribution in [1.29, 1.82) is 0 Å². The zero-order valence-corrected chi connectivity index (χ0v) is 11.2. The van der Waals surface area contributed by atoms with Crippen molar-refractivity contribution in [2.24, 2.45) is 0 Å². The van der Waals surface area contributed by atoms with Gasteiger partial charge in [-0.2, -0.15) is 0 Å². The Balaban J connectivity index is 2.24. The average molecular weight is 274 g/mol. The van der Waals surface area contributed by atoms with Crippen molar-refractivity contribution in [3.63, 3.8) is 0 Å². The molecule has 2 unspecified atom stereocenters. The molecule has 0 spiro atoms. The van der Waals surface area contributed by atoms with E-state index in [1.165, 1.54) is 0 Å². The molecule has 19 heavy (non-hydrogen) atoms. The molecule has 0 aromatic carbocycles. The number of amides is 2. The molecule has 3 N–H and O–H groups in total. The minimum atomic E-state index is -0.862. The summed E-state index contributed by atoms with van der Waals surface area (Å²) in [5.74, 6) is -0.862. The second kappa shape index (κ2) is 8.71. The van der Waals surface area contributed by atoms with Crippen LogP contribution in [-0.2, 0) is 14.3 Å². The minimum Gasteiger partial charge on any atom is -0.481 e. The van der Waals surface area contributed by atoms with E-state index in [9.17, 15) is 9.59 Å². The summed E-state index contributed by atoms with van der Waals surface area (Å²) in [6.07, 6.45) is 2.36. The normalized spacial score (nSPS) is 19.9. The highest BCUT2D eigenvalue weighted by Crippen LogP contribution is 2.15. The van der Waals surface area contributed by atoms with Gasteiger partial charge in [0.05, 0.1) is 18.8 Å². The maximum Gasteiger partial charge on any atom is 0.315 e. The van der Waals surface area contributed by atoms with E-state index in [1.54, 1.807) is 7.11 Å². The van der Waals surface area contributed by atoms with Crippen LogP contribution in [0.5, 0.6) is 0 Å². The molecule has 7 nitrogen and oxygen atoms in total. The fourth-order valence-corrected chi connectivity index (χ4v) is 2.00. The van der Waals surface area contributed by atoms with Gasteiger partial charge in [0.15, 0.2) is 0 Å². The summed E-state index contributed by atoms with van der Waals surface area (Å²) >= 11 is 0. The first kappa shape index (κ1) is 15.7. The summed E-state index contributed by atoms with van der Waals surface area (Å²) in [7, 11) is 1.58. The topological polar surface area (TPSA) is 96.9 Å². The minimum absolute atomic E-state index is 0.00952. The van der Waals surface area contributed by atoms with Crippen LogP contribution in [0.1, 0.15) is 25.7 Å². The third-order valence-electron chi connectivity index (χ3n) is 2.93. The van der Waals surface area contributed by atoms with Crippen LogP contribution in [0.15, 0.2) is 0 Å². The van der Waals surface area contributed by atoms with Crippen LogP contribution in [0.3, 0.4) is 0 Å². The lowest BCUT2D eigenvalue weighted by Gasteiger charge is -2.23. The number of aliphatic carboxylic acids is 1. The molecule has 1 rings (SSSR count). The van der Waals surface area contributed by atoms with Crippen molar-refractivity contribution in [3.8, 4) is 0 Å². The van der Waals surface area contributed by atoms with Gasteiger partial charge in [0, 0.05) is 26.7 Å². The van der Waals surface area contributed by atoms with E-state index < -0.39 is 5.97 Å². The highest BCUT2D eigenvalue weighted by Gasteiger charge is 2.27. The van der Waals surface area contributed by atoms with Gasteiger partial charge in [-0.25, -0.2) is 4.79 Å². The Morgan fingerprint density at radius 2 is 2.32 bits per heavy atom.